The smallest absolute Gasteiger partial charge is 0.292 e. The van der Waals surface area contributed by atoms with Gasteiger partial charge in [0.25, 0.3) is 5.91 Å². The fraction of sp³-hybridized carbons (Fsp3) is 0.429. The molecule has 1 fully saturated rings. The molecule has 0 spiro atoms. The first-order valence-electron chi connectivity index (χ1n) is 6.58. The van der Waals surface area contributed by atoms with Crippen LogP contribution in [-0.4, -0.2) is 37.7 Å². The molecule has 1 amide bonds. The lowest BCUT2D eigenvalue weighted by Gasteiger charge is -2.10. The number of Topliss-reactive ketones (excluding diaryl/α,β-unsaturated/α-hetero) is 1. The largest absolute Gasteiger partial charge is 0.454 e. The molecule has 0 radical (unpaired) electrons. The van der Waals surface area contributed by atoms with Crippen LogP contribution < -0.4 is 14.8 Å². The summed E-state index contributed by atoms with van der Waals surface area (Å²) in [6.45, 7) is 1.23. The van der Waals surface area contributed by atoms with Crippen LogP contribution in [0.25, 0.3) is 0 Å². The van der Waals surface area contributed by atoms with Crippen LogP contribution in [0.4, 0.5) is 0 Å². The maximum atomic E-state index is 12.0. The summed E-state index contributed by atoms with van der Waals surface area (Å²) in [5.41, 5.74) is 0.291. The van der Waals surface area contributed by atoms with Crippen LogP contribution in [0.3, 0.4) is 0 Å². The third-order valence-corrected chi connectivity index (χ3v) is 3.36. The number of fused-ring (bicyclic) bond motifs is 1. The number of hydrogen-bond donors (Lipinski definition) is 1. The first-order chi connectivity index (χ1) is 9.74. The van der Waals surface area contributed by atoms with E-state index in [1.807, 2.05) is 0 Å². The van der Waals surface area contributed by atoms with Crippen LogP contribution in [0.1, 0.15) is 23.2 Å². The summed E-state index contributed by atoms with van der Waals surface area (Å²) in [5, 5.41) is 2.61. The number of ether oxygens (including phenoxy) is 3. The highest BCUT2D eigenvalue weighted by Crippen LogP contribution is 2.32. The zero-order valence-corrected chi connectivity index (χ0v) is 10.9. The maximum Gasteiger partial charge on any atom is 0.292 e. The number of nitrogens with one attached hydrogen (secondary N) is 1. The second-order valence-electron chi connectivity index (χ2n) is 4.74. The van der Waals surface area contributed by atoms with E-state index < -0.39 is 11.7 Å². The van der Waals surface area contributed by atoms with E-state index in [9.17, 15) is 9.59 Å². The van der Waals surface area contributed by atoms with E-state index in [1.54, 1.807) is 12.1 Å². The number of carbonyl (C=O) groups is 2. The van der Waals surface area contributed by atoms with Gasteiger partial charge in [0.1, 0.15) is 0 Å². The highest BCUT2D eigenvalue weighted by molar-refractivity contribution is 6.42. The summed E-state index contributed by atoms with van der Waals surface area (Å²) in [7, 11) is 0. The highest BCUT2D eigenvalue weighted by Gasteiger charge is 2.22. The molecular weight excluding hydrogens is 262 g/mol. The van der Waals surface area contributed by atoms with Crippen molar-refractivity contribution in [2.45, 2.75) is 18.9 Å². The van der Waals surface area contributed by atoms with Crippen molar-refractivity contribution >= 4 is 11.7 Å². The summed E-state index contributed by atoms with van der Waals surface area (Å²) in [6.07, 6.45) is 1.93. The normalized spacial score (nSPS) is 19.9. The molecular formula is C14H15NO5. The Morgan fingerprint density at radius 1 is 1.25 bits per heavy atom. The minimum absolute atomic E-state index is 0.0171. The molecule has 1 saturated heterocycles. The molecule has 1 N–H and O–H groups in total. The third-order valence-electron chi connectivity index (χ3n) is 3.36. The van der Waals surface area contributed by atoms with Gasteiger partial charge in [-0.2, -0.15) is 0 Å². The fourth-order valence-corrected chi connectivity index (χ4v) is 2.26. The summed E-state index contributed by atoms with van der Waals surface area (Å²) < 4.78 is 15.7. The van der Waals surface area contributed by atoms with Crippen molar-refractivity contribution < 1.29 is 23.8 Å². The van der Waals surface area contributed by atoms with Gasteiger partial charge in [-0.25, -0.2) is 0 Å². The van der Waals surface area contributed by atoms with Crippen LogP contribution in [0.2, 0.25) is 0 Å². The number of ketones is 1. The van der Waals surface area contributed by atoms with Gasteiger partial charge in [0.05, 0.1) is 6.10 Å². The first kappa shape index (κ1) is 12.9. The lowest BCUT2D eigenvalue weighted by Crippen LogP contribution is -2.36. The van der Waals surface area contributed by atoms with Gasteiger partial charge in [-0.3, -0.25) is 9.59 Å². The monoisotopic (exact) mass is 277 g/mol. The van der Waals surface area contributed by atoms with Crippen molar-refractivity contribution in [3.8, 4) is 11.5 Å². The number of amides is 1. The SMILES string of the molecule is O=C(NCC1CCCO1)C(=O)c1ccc2c(c1)OCO2. The third kappa shape index (κ3) is 2.60. The summed E-state index contributed by atoms with van der Waals surface area (Å²) in [4.78, 5) is 23.8. The molecule has 0 aromatic heterocycles. The molecule has 2 heterocycles. The molecule has 6 heteroatoms. The average molecular weight is 277 g/mol. The van der Waals surface area contributed by atoms with Gasteiger partial charge in [-0.05, 0) is 31.0 Å². The van der Waals surface area contributed by atoms with Gasteiger partial charge in [-0.15, -0.1) is 0 Å². The van der Waals surface area contributed by atoms with Crippen LogP contribution in [0.15, 0.2) is 18.2 Å². The van der Waals surface area contributed by atoms with E-state index in [0.717, 1.165) is 19.4 Å². The molecule has 1 unspecified atom stereocenters. The highest BCUT2D eigenvalue weighted by atomic mass is 16.7. The van der Waals surface area contributed by atoms with Crippen molar-refractivity contribution in [1.29, 1.82) is 0 Å². The number of carbonyl (C=O) groups excluding carboxylic acids is 2. The second-order valence-corrected chi connectivity index (χ2v) is 4.74. The first-order valence-corrected chi connectivity index (χ1v) is 6.58. The van der Waals surface area contributed by atoms with Crippen molar-refractivity contribution in [1.82, 2.24) is 5.32 Å². The fourth-order valence-electron chi connectivity index (χ4n) is 2.26. The molecule has 0 saturated carbocycles. The average Bonchev–Trinajstić information content (AvgIpc) is 3.13. The van der Waals surface area contributed by atoms with Gasteiger partial charge < -0.3 is 19.5 Å². The van der Waals surface area contributed by atoms with Gasteiger partial charge in [0.15, 0.2) is 11.5 Å². The van der Waals surface area contributed by atoms with E-state index in [0.29, 0.717) is 23.6 Å². The summed E-state index contributed by atoms with van der Waals surface area (Å²) >= 11 is 0. The van der Waals surface area contributed by atoms with E-state index in [2.05, 4.69) is 5.32 Å². The molecule has 1 aromatic carbocycles. The minimum Gasteiger partial charge on any atom is -0.454 e. The molecule has 2 aliphatic heterocycles. The van der Waals surface area contributed by atoms with Crippen LogP contribution in [0.5, 0.6) is 11.5 Å². The standard InChI is InChI=1S/C14H15NO5/c16-13(14(17)15-7-10-2-1-5-18-10)9-3-4-11-12(6-9)20-8-19-11/h3-4,6,10H,1-2,5,7-8H2,(H,15,17). The minimum atomic E-state index is -0.626. The molecule has 0 aliphatic carbocycles. The van der Waals surface area contributed by atoms with Crippen LogP contribution in [-0.2, 0) is 9.53 Å². The maximum absolute atomic E-state index is 12.0. The topological polar surface area (TPSA) is 73.9 Å². The lowest BCUT2D eigenvalue weighted by molar-refractivity contribution is -0.117. The number of hydrogen-bond acceptors (Lipinski definition) is 5. The molecule has 0 bridgehead atoms. The second kappa shape index (κ2) is 5.50. The Balaban J connectivity index is 1.61. The Bertz CT molecular complexity index is 536. The molecule has 3 rings (SSSR count). The van der Waals surface area contributed by atoms with E-state index in [-0.39, 0.29) is 12.9 Å². The van der Waals surface area contributed by atoms with Gasteiger partial charge in [0.2, 0.25) is 12.6 Å². The molecule has 106 valence electrons. The zero-order valence-electron chi connectivity index (χ0n) is 10.9. The molecule has 20 heavy (non-hydrogen) atoms. The Morgan fingerprint density at radius 2 is 2.10 bits per heavy atom. The van der Waals surface area contributed by atoms with Crippen molar-refractivity contribution in [2.75, 3.05) is 19.9 Å². The van der Waals surface area contributed by atoms with Crippen LogP contribution in [0, 0.1) is 0 Å². The van der Waals surface area contributed by atoms with Crippen molar-refractivity contribution in [2.24, 2.45) is 0 Å². The quantitative estimate of drug-likeness (QED) is 0.653. The van der Waals surface area contributed by atoms with Crippen molar-refractivity contribution in [3.63, 3.8) is 0 Å². The summed E-state index contributed by atoms with van der Waals surface area (Å²) in [6, 6.07) is 4.71. The van der Waals surface area contributed by atoms with Gasteiger partial charge in [-0.1, -0.05) is 0 Å². The molecule has 1 aromatic rings. The van der Waals surface area contributed by atoms with E-state index >= 15 is 0 Å². The van der Waals surface area contributed by atoms with E-state index in [4.69, 9.17) is 14.2 Å². The van der Waals surface area contributed by atoms with Crippen molar-refractivity contribution in [3.05, 3.63) is 23.8 Å². The molecule has 6 nitrogen and oxygen atoms in total. The number of rotatable bonds is 4. The Morgan fingerprint density at radius 3 is 2.90 bits per heavy atom. The van der Waals surface area contributed by atoms with E-state index in [1.165, 1.54) is 6.07 Å². The molecule has 1 atom stereocenters. The molecule has 2 aliphatic rings. The van der Waals surface area contributed by atoms with Gasteiger partial charge in [0, 0.05) is 18.7 Å². The predicted molar refractivity (Wildman–Crippen MR) is 68.9 cm³/mol. The zero-order chi connectivity index (χ0) is 13.9. The Kier molecular flexibility index (Phi) is 3.56. The summed E-state index contributed by atoms with van der Waals surface area (Å²) in [5.74, 6) is -0.134. The predicted octanol–water partition coefficient (Wildman–Crippen LogP) is 0.893. The van der Waals surface area contributed by atoms with Gasteiger partial charge >= 0.3 is 0 Å². The Labute approximate surface area is 116 Å². The number of benzene rings is 1. The Hall–Kier alpha value is -2.08. The van der Waals surface area contributed by atoms with Crippen LogP contribution >= 0.6 is 0 Å². The lowest BCUT2D eigenvalue weighted by atomic mass is 10.1.